The van der Waals surface area contributed by atoms with Crippen LogP contribution in [0.1, 0.15) is 23.7 Å². The van der Waals surface area contributed by atoms with Crippen molar-refractivity contribution in [1.29, 1.82) is 0 Å². The van der Waals surface area contributed by atoms with Crippen LogP contribution < -0.4 is 5.32 Å². The lowest BCUT2D eigenvalue weighted by Gasteiger charge is -2.14. The summed E-state index contributed by atoms with van der Waals surface area (Å²) in [4.78, 5) is 10.2. The standard InChI is InChI=1S/C19H20ClN3O2S2/c1-4-15-12(2)21-19(16-9-10-17(20)26-16)23-18(15)22-14-7-5-13(6-8-14)11-27(3,24)25/h5-10H,4,11H2,1-3H3,(H,21,22,23). The Kier molecular flexibility index (Phi) is 5.83. The van der Waals surface area contributed by atoms with E-state index in [0.29, 0.717) is 10.2 Å². The van der Waals surface area contributed by atoms with Crippen LogP contribution >= 0.6 is 22.9 Å². The molecule has 1 aromatic carbocycles. The van der Waals surface area contributed by atoms with E-state index in [2.05, 4.69) is 17.2 Å². The van der Waals surface area contributed by atoms with Gasteiger partial charge >= 0.3 is 0 Å². The van der Waals surface area contributed by atoms with Crippen molar-refractivity contribution >= 4 is 44.3 Å². The van der Waals surface area contributed by atoms with Crippen LogP contribution in [0.25, 0.3) is 10.7 Å². The number of anilines is 2. The molecule has 2 aromatic heterocycles. The van der Waals surface area contributed by atoms with Gasteiger partial charge < -0.3 is 5.32 Å². The topological polar surface area (TPSA) is 72.0 Å². The third kappa shape index (κ3) is 5.06. The van der Waals surface area contributed by atoms with Gasteiger partial charge in [-0.1, -0.05) is 30.7 Å². The fourth-order valence-electron chi connectivity index (χ4n) is 2.79. The van der Waals surface area contributed by atoms with E-state index in [1.54, 1.807) is 0 Å². The van der Waals surface area contributed by atoms with Crippen molar-refractivity contribution in [3.63, 3.8) is 0 Å². The minimum absolute atomic E-state index is 0.0311. The van der Waals surface area contributed by atoms with Gasteiger partial charge in [-0.2, -0.15) is 0 Å². The summed E-state index contributed by atoms with van der Waals surface area (Å²) in [7, 11) is -3.05. The van der Waals surface area contributed by atoms with Gasteiger partial charge in [-0.3, -0.25) is 0 Å². The number of benzene rings is 1. The van der Waals surface area contributed by atoms with Crippen molar-refractivity contribution < 1.29 is 8.42 Å². The lowest BCUT2D eigenvalue weighted by atomic mass is 10.1. The molecule has 0 bridgehead atoms. The van der Waals surface area contributed by atoms with Crippen LogP contribution in [0.15, 0.2) is 36.4 Å². The molecule has 2 heterocycles. The third-order valence-corrected chi connectivity index (χ3v) is 6.09. The molecular weight excluding hydrogens is 402 g/mol. The Morgan fingerprint density at radius 2 is 1.81 bits per heavy atom. The van der Waals surface area contributed by atoms with Gasteiger partial charge in [0.25, 0.3) is 0 Å². The monoisotopic (exact) mass is 421 g/mol. The first-order valence-electron chi connectivity index (χ1n) is 8.42. The molecule has 0 spiro atoms. The quantitative estimate of drug-likeness (QED) is 0.605. The van der Waals surface area contributed by atoms with E-state index in [4.69, 9.17) is 16.6 Å². The highest BCUT2D eigenvalue weighted by Gasteiger charge is 2.13. The summed E-state index contributed by atoms with van der Waals surface area (Å²) in [5.41, 5.74) is 3.56. The molecule has 27 heavy (non-hydrogen) atoms. The maximum Gasteiger partial charge on any atom is 0.171 e. The Labute approximate surface area is 168 Å². The summed E-state index contributed by atoms with van der Waals surface area (Å²) in [6.07, 6.45) is 2.03. The number of halogens is 1. The predicted octanol–water partition coefficient (Wildman–Crippen LogP) is 5.02. The van der Waals surface area contributed by atoms with E-state index in [1.165, 1.54) is 17.6 Å². The molecule has 0 aliphatic heterocycles. The second-order valence-electron chi connectivity index (χ2n) is 6.31. The van der Waals surface area contributed by atoms with E-state index in [-0.39, 0.29) is 5.75 Å². The van der Waals surface area contributed by atoms with Gasteiger partial charge in [0.2, 0.25) is 0 Å². The molecule has 5 nitrogen and oxygen atoms in total. The number of hydrogen-bond acceptors (Lipinski definition) is 6. The third-order valence-electron chi connectivity index (χ3n) is 4.01. The number of thiophene rings is 1. The molecule has 3 rings (SSSR count). The zero-order chi connectivity index (χ0) is 19.6. The largest absolute Gasteiger partial charge is 0.340 e. The van der Waals surface area contributed by atoms with Gasteiger partial charge in [0, 0.05) is 23.2 Å². The first-order chi connectivity index (χ1) is 12.7. The van der Waals surface area contributed by atoms with Crippen LogP contribution in [0.3, 0.4) is 0 Å². The molecule has 0 radical (unpaired) electrons. The maximum atomic E-state index is 11.4. The summed E-state index contributed by atoms with van der Waals surface area (Å²) >= 11 is 7.48. The van der Waals surface area contributed by atoms with Crippen LogP contribution in [-0.4, -0.2) is 24.6 Å². The Bertz CT molecular complexity index is 1060. The Morgan fingerprint density at radius 3 is 2.37 bits per heavy atom. The van der Waals surface area contributed by atoms with Crippen molar-refractivity contribution in [2.45, 2.75) is 26.0 Å². The van der Waals surface area contributed by atoms with Crippen LogP contribution in [-0.2, 0) is 22.0 Å². The summed E-state index contributed by atoms with van der Waals surface area (Å²) in [6, 6.07) is 11.1. The normalized spacial score (nSPS) is 11.6. The van der Waals surface area contributed by atoms with Crippen molar-refractivity contribution in [1.82, 2.24) is 9.97 Å². The molecule has 0 fully saturated rings. The zero-order valence-corrected chi connectivity index (χ0v) is 17.7. The van der Waals surface area contributed by atoms with Crippen molar-refractivity contribution in [3.8, 4) is 10.7 Å². The molecule has 3 aromatic rings. The highest BCUT2D eigenvalue weighted by atomic mass is 35.5. The molecule has 0 saturated carbocycles. The van der Waals surface area contributed by atoms with Gasteiger partial charge in [0.1, 0.15) is 5.82 Å². The zero-order valence-electron chi connectivity index (χ0n) is 15.3. The van der Waals surface area contributed by atoms with E-state index in [0.717, 1.165) is 39.6 Å². The van der Waals surface area contributed by atoms with E-state index in [9.17, 15) is 8.42 Å². The average molecular weight is 422 g/mol. The molecule has 0 saturated heterocycles. The molecule has 142 valence electrons. The first-order valence-corrected chi connectivity index (χ1v) is 11.7. The molecule has 0 aliphatic carbocycles. The summed E-state index contributed by atoms with van der Waals surface area (Å²) in [6.45, 7) is 4.04. The highest BCUT2D eigenvalue weighted by molar-refractivity contribution is 7.89. The van der Waals surface area contributed by atoms with E-state index >= 15 is 0 Å². The number of aryl methyl sites for hydroxylation is 1. The lowest BCUT2D eigenvalue weighted by molar-refractivity contribution is 0.601. The number of nitrogens with zero attached hydrogens (tertiary/aromatic N) is 2. The SMILES string of the molecule is CCc1c(C)nc(-c2ccc(Cl)s2)nc1Nc1ccc(CS(C)(=O)=O)cc1. The Hall–Kier alpha value is -1.96. The van der Waals surface area contributed by atoms with Crippen molar-refractivity contribution in [3.05, 3.63) is 57.6 Å². The van der Waals surface area contributed by atoms with Crippen LogP contribution in [0.4, 0.5) is 11.5 Å². The Balaban J connectivity index is 1.92. The Morgan fingerprint density at radius 1 is 1.11 bits per heavy atom. The predicted molar refractivity (Wildman–Crippen MR) is 113 cm³/mol. The minimum Gasteiger partial charge on any atom is -0.340 e. The fourth-order valence-corrected chi connectivity index (χ4v) is 4.57. The summed E-state index contributed by atoms with van der Waals surface area (Å²) in [5, 5.41) is 3.34. The summed E-state index contributed by atoms with van der Waals surface area (Å²) < 4.78 is 23.6. The molecule has 8 heteroatoms. The van der Waals surface area contributed by atoms with Crippen LogP contribution in [0.2, 0.25) is 4.34 Å². The van der Waals surface area contributed by atoms with E-state index in [1.807, 2.05) is 43.3 Å². The lowest BCUT2D eigenvalue weighted by Crippen LogP contribution is -2.05. The van der Waals surface area contributed by atoms with Crippen molar-refractivity contribution in [2.75, 3.05) is 11.6 Å². The van der Waals surface area contributed by atoms with Gasteiger partial charge in [0.15, 0.2) is 15.7 Å². The van der Waals surface area contributed by atoms with Gasteiger partial charge in [0.05, 0.1) is 15.0 Å². The number of nitrogens with one attached hydrogen (secondary N) is 1. The maximum absolute atomic E-state index is 11.4. The molecular formula is C19H20ClN3O2S2. The summed E-state index contributed by atoms with van der Waals surface area (Å²) in [5.74, 6) is 1.42. The van der Waals surface area contributed by atoms with Gasteiger partial charge in [-0.05, 0) is 43.2 Å². The molecule has 0 amide bonds. The molecule has 1 N–H and O–H groups in total. The molecule has 0 aliphatic rings. The second kappa shape index (κ2) is 7.96. The highest BCUT2D eigenvalue weighted by Crippen LogP contribution is 2.31. The molecule has 0 unspecified atom stereocenters. The second-order valence-corrected chi connectivity index (χ2v) is 10.2. The van der Waals surface area contributed by atoms with Crippen LogP contribution in [0.5, 0.6) is 0 Å². The first kappa shape index (κ1) is 19.8. The van der Waals surface area contributed by atoms with E-state index < -0.39 is 9.84 Å². The number of rotatable bonds is 6. The van der Waals surface area contributed by atoms with Crippen molar-refractivity contribution in [2.24, 2.45) is 0 Å². The van der Waals surface area contributed by atoms with Gasteiger partial charge in [-0.25, -0.2) is 18.4 Å². The average Bonchev–Trinajstić information content (AvgIpc) is 3.01. The van der Waals surface area contributed by atoms with Crippen LogP contribution in [0, 0.1) is 6.92 Å². The number of hydrogen-bond donors (Lipinski definition) is 1. The number of aromatic nitrogens is 2. The van der Waals surface area contributed by atoms with Gasteiger partial charge in [-0.15, -0.1) is 11.3 Å². The smallest absolute Gasteiger partial charge is 0.171 e. The fraction of sp³-hybridized carbons (Fsp3) is 0.263. The molecule has 0 atom stereocenters. The number of sulfone groups is 1. The minimum atomic E-state index is -3.05.